The second-order valence-corrected chi connectivity index (χ2v) is 5.29. The Kier molecular flexibility index (Phi) is 5.20. The maximum Gasteiger partial charge on any atom is 0.0426 e. The second-order valence-electron chi connectivity index (χ2n) is 4.42. The van der Waals surface area contributed by atoms with Crippen LogP contribution in [-0.4, -0.2) is 11.5 Å². The lowest BCUT2D eigenvalue weighted by Crippen LogP contribution is -2.13. The number of pyridine rings is 1. The molecule has 2 aromatic rings. The highest BCUT2D eigenvalue weighted by molar-refractivity contribution is 6.35. The van der Waals surface area contributed by atoms with Crippen molar-refractivity contribution in [2.75, 3.05) is 6.54 Å². The molecule has 19 heavy (non-hydrogen) atoms. The van der Waals surface area contributed by atoms with E-state index in [1.165, 1.54) is 0 Å². The van der Waals surface area contributed by atoms with Crippen molar-refractivity contribution in [2.45, 2.75) is 19.9 Å². The zero-order valence-electron chi connectivity index (χ0n) is 10.8. The van der Waals surface area contributed by atoms with E-state index in [0.717, 1.165) is 36.2 Å². The van der Waals surface area contributed by atoms with Crippen LogP contribution in [0.3, 0.4) is 0 Å². The number of halogens is 2. The van der Waals surface area contributed by atoms with Crippen LogP contribution in [0.5, 0.6) is 0 Å². The van der Waals surface area contributed by atoms with E-state index >= 15 is 0 Å². The summed E-state index contributed by atoms with van der Waals surface area (Å²) < 4.78 is 0. The molecule has 0 aliphatic carbocycles. The van der Waals surface area contributed by atoms with Crippen LogP contribution in [0, 0.1) is 0 Å². The SMILES string of the molecule is CCCNCc1cncc(-c2cc(Cl)cc(Cl)c2)c1. The molecule has 0 unspecified atom stereocenters. The lowest BCUT2D eigenvalue weighted by molar-refractivity contribution is 0.674. The fourth-order valence-electron chi connectivity index (χ4n) is 1.87. The smallest absolute Gasteiger partial charge is 0.0426 e. The molecule has 0 atom stereocenters. The van der Waals surface area contributed by atoms with E-state index in [1.54, 1.807) is 6.07 Å². The molecule has 0 amide bonds. The predicted octanol–water partition coefficient (Wildman–Crippen LogP) is 4.56. The molecule has 100 valence electrons. The van der Waals surface area contributed by atoms with Gasteiger partial charge in [0.25, 0.3) is 0 Å². The summed E-state index contributed by atoms with van der Waals surface area (Å²) in [5.74, 6) is 0. The van der Waals surface area contributed by atoms with Gasteiger partial charge in [-0.05, 0) is 48.4 Å². The van der Waals surface area contributed by atoms with Crippen LogP contribution in [0.4, 0.5) is 0 Å². The van der Waals surface area contributed by atoms with Crippen LogP contribution in [0.15, 0.2) is 36.7 Å². The standard InChI is InChI=1S/C15H16Cl2N2/c1-2-3-18-8-11-4-13(10-19-9-11)12-5-14(16)7-15(17)6-12/h4-7,9-10,18H,2-3,8H2,1H3. The monoisotopic (exact) mass is 294 g/mol. The average Bonchev–Trinajstić information content (AvgIpc) is 2.38. The third-order valence-electron chi connectivity index (χ3n) is 2.75. The third kappa shape index (κ3) is 4.20. The summed E-state index contributed by atoms with van der Waals surface area (Å²) in [5.41, 5.74) is 3.17. The molecule has 1 N–H and O–H groups in total. The number of hydrogen-bond acceptors (Lipinski definition) is 2. The second kappa shape index (κ2) is 6.90. The molecule has 1 aromatic heterocycles. The minimum atomic E-state index is 0.636. The summed E-state index contributed by atoms with van der Waals surface area (Å²) in [6.07, 6.45) is 4.82. The van der Waals surface area contributed by atoms with Gasteiger partial charge in [-0.25, -0.2) is 0 Å². The lowest BCUT2D eigenvalue weighted by Gasteiger charge is -2.07. The highest BCUT2D eigenvalue weighted by Crippen LogP contribution is 2.27. The molecule has 0 saturated heterocycles. The Balaban J connectivity index is 2.22. The van der Waals surface area contributed by atoms with Gasteiger partial charge in [-0.2, -0.15) is 0 Å². The molecule has 0 bridgehead atoms. The third-order valence-corrected chi connectivity index (χ3v) is 3.18. The van der Waals surface area contributed by atoms with Crippen molar-refractivity contribution < 1.29 is 0 Å². The quantitative estimate of drug-likeness (QED) is 0.818. The van der Waals surface area contributed by atoms with Crippen LogP contribution >= 0.6 is 23.2 Å². The van der Waals surface area contributed by atoms with Gasteiger partial charge in [0.15, 0.2) is 0 Å². The fourth-order valence-corrected chi connectivity index (χ4v) is 2.40. The van der Waals surface area contributed by atoms with Gasteiger partial charge in [0.1, 0.15) is 0 Å². The number of nitrogens with zero attached hydrogens (tertiary/aromatic N) is 1. The van der Waals surface area contributed by atoms with Crippen molar-refractivity contribution in [1.29, 1.82) is 0 Å². The number of rotatable bonds is 5. The van der Waals surface area contributed by atoms with E-state index in [2.05, 4.69) is 23.3 Å². The topological polar surface area (TPSA) is 24.9 Å². The first-order valence-corrected chi connectivity index (χ1v) is 7.05. The van der Waals surface area contributed by atoms with Gasteiger partial charge >= 0.3 is 0 Å². The molecule has 0 saturated carbocycles. The zero-order chi connectivity index (χ0) is 13.7. The summed E-state index contributed by atoms with van der Waals surface area (Å²) in [6, 6.07) is 7.63. The van der Waals surface area contributed by atoms with E-state index < -0.39 is 0 Å². The van der Waals surface area contributed by atoms with Crippen molar-refractivity contribution in [2.24, 2.45) is 0 Å². The lowest BCUT2D eigenvalue weighted by atomic mass is 10.1. The first-order chi connectivity index (χ1) is 9.19. The van der Waals surface area contributed by atoms with Crippen molar-refractivity contribution in [1.82, 2.24) is 10.3 Å². The first-order valence-electron chi connectivity index (χ1n) is 6.30. The van der Waals surface area contributed by atoms with Crippen molar-refractivity contribution in [3.63, 3.8) is 0 Å². The Morgan fingerprint density at radius 1 is 1.00 bits per heavy atom. The number of hydrogen-bond donors (Lipinski definition) is 1. The van der Waals surface area contributed by atoms with Crippen LogP contribution in [0.2, 0.25) is 10.0 Å². The first kappa shape index (κ1) is 14.3. The van der Waals surface area contributed by atoms with Gasteiger partial charge in [0.2, 0.25) is 0 Å². The summed E-state index contributed by atoms with van der Waals surface area (Å²) in [7, 11) is 0. The van der Waals surface area contributed by atoms with E-state index in [0.29, 0.717) is 10.0 Å². The Morgan fingerprint density at radius 2 is 1.74 bits per heavy atom. The van der Waals surface area contributed by atoms with Crippen LogP contribution < -0.4 is 5.32 Å². The predicted molar refractivity (Wildman–Crippen MR) is 81.7 cm³/mol. The minimum absolute atomic E-state index is 0.636. The molecule has 0 aliphatic rings. The highest BCUT2D eigenvalue weighted by Gasteiger charge is 2.03. The maximum atomic E-state index is 6.03. The summed E-state index contributed by atoms with van der Waals surface area (Å²) in [4.78, 5) is 4.27. The molecule has 0 spiro atoms. The summed E-state index contributed by atoms with van der Waals surface area (Å²) in [6.45, 7) is 3.98. The Labute approximate surface area is 123 Å². The Bertz CT molecular complexity index is 535. The van der Waals surface area contributed by atoms with E-state index in [9.17, 15) is 0 Å². The number of benzene rings is 1. The number of nitrogens with one attached hydrogen (secondary N) is 1. The van der Waals surface area contributed by atoms with Crippen LogP contribution in [-0.2, 0) is 6.54 Å². The minimum Gasteiger partial charge on any atom is -0.313 e. The normalized spacial score (nSPS) is 10.7. The molecular weight excluding hydrogens is 279 g/mol. The van der Waals surface area contributed by atoms with Gasteiger partial charge < -0.3 is 5.32 Å². The molecule has 1 heterocycles. The van der Waals surface area contributed by atoms with E-state index in [-0.39, 0.29) is 0 Å². The fraction of sp³-hybridized carbons (Fsp3) is 0.267. The van der Waals surface area contributed by atoms with Gasteiger partial charge in [-0.3, -0.25) is 4.98 Å². The van der Waals surface area contributed by atoms with Gasteiger partial charge in [0, 0.05) is 34.5 Å². The van der Waals surface area contributed by atoms with Crippen LogP contribution in [0.25, 0.3) is 11.1 Å². The highest BCUT2D eigenvalue weighted by atomic mass is 35.5. The number of aromatic nitrogens is 1. The van der Waals surface area contributed by atoms with Crippen molar-refractivity contribution >= 4 is 23.2 Å². The maximum absolute atomic E-state index is 6.03. The van der Waals surface area contributed by atoms with Crippen molar-refractivity contribution in [3.05, 3.63) is 52.3 Å². The average molecular weight is 295 g/mol. The summed E-state index contributed by atoms with van der Waals surface area (Å²) in [5, 5.41) is 4.63. The van der Waals surface area contributed by atoms with E-state index in [1.807, 2.05) is 24.5 Å². The van der Waals surface area contributed by atoms with Crippen molar-refractivity contribution in [3.8, 4) is 11.1 Å². The molecule has 0 aliphatic heterocycles. The molecule has 1 aromatic carbocycles. The molecule has 0 fully saturated rings. The zero-order valence-corrected chi connectivity index (χ0v) is 12.3. The molecule has 2 rings (SSSR count). The molecule has 0 radical (unpaired) electrons. The van der Waals surface area contributed by atoms with Crippen LogP contribution in [0.1, 0.15) is 18.9 Å². The summed E-state index contributed by atoms with van der Waals surface area (Å²) >= 11 is 12.1. The Hall–Kier alpha value is -1.09. The van der Waals surface area contributed by atoms with E-state index in [4.69, 9.17) is 23.2 Å². The molecular formula is C15H16Cl2N2. The van der Waals surface area contributed by atoms with Gasteiger partial charge in [0.05, 0.1) is 0 Å². The molecule has 4 heteroatoms. The largest absolute Gasteiger partial charge is 0.313 e. The van der Waals surface area contributed by atoms with Gasteiger partial charge in [-0.15, -0.1) is 0 Å². The van der Waals surface area contributed by atoms with Gasteiger partial charge in [-0.1, -0.05) is 30.1 Å². The molecule has 2 nitrogen and oxygen atoms in total. The Morgan fingerprint density at radius 3 is 2.42 bits per heavy atom.